The van der Waals surface area contributed by atoms with E-state index in [1.807, 2.05) is 0 Å². The van der Waals surface area contributed by atoms with E-state index in [-0.39, 0.29) is 0 Å². The van der Waals surface area contributed by atoms with E-state index in [1.54, 1.807) is 0 Å². The zero-order valence-electron chi connectivity index (χ0n) is 8.93. The zero-order chi connectivity index (χ0) is 9.80. The van der Waals surface area contributed by atoms with Gasteiger partial charge < -0.3 is 5.32 Å². The van der Waals surface area contributed by atoms with E-state index in [1.165, 1.54) is 38.5 Å². The SMILES string of the molecule is O=C(CC1CCNC1)C1CCCCC1. The number of hydrogen-bond acceptors (Lipinski definition) is 2. The third-order valence-electron chi connectivity index (χ3n) is 3.71. The fourth-order valence-electron chi connectivity index (χ4n) is 2.76. The van der Waals surface area contributed by atoms with Gasteiger partial charge in [0, 0.05) is 12.3 Å². The minimum atomic E-state index is 0.421. The summed E-state index contributed by atoms with van der Waals surface area (Å²) in [5, 5.41) is 3.33. The molecule has 1 aliphatic carbocycles. The van der Waals surface area contributed by atoms with E-state index in [0.717, 1.165) is 19.5 Å². The normalized spacial score (nSPS) is 29.3. The van der Waals surface area contributed by atoms with Crippen molar-refractivity contribution in [2.75, 3.05) is 13.1 Å². The first-order valence-corrected chi connectivity index (χ1v) is 6.09. The molecule has 1 heterocycles. The molecule has 1 saturated heterocycles. The van der Waals surface area contributed by atoms with Crippen molar-refractivity contribution >= 4 is 5.78 Å². The van der Waals surface area contributed by atoms with Crippen molar-refractivity contribution in [3.05, 3.63) is 0 Å². The van der Waals surface area contributed by atoms with Crippen LogP contribution in [0.3, 0.4) is 0 Å². The van der Waals surface area contributed by atoms with Gasteiger partial charge in [0.1, 0.15) is 5.78 Å². The monoisotopic (exact) mass is 195 g/mol. The summed E-state index contributed by atoms with van der Waals surface area (Å²) >= 11 is 0. The molecular formula is C12H21NO. The van der Waals surface area contributed by atoms with Gasteiger partial charge in [0.2, 0.25) is 0 Å². The number of carbonyl (C=O) groups is 1. The highest BCUT2D eigenvalue weighted by Crippen LogP contribution is 2.27. The molecule has 0 radical (unpaired) electrons. The van der Waals surface area contributed by atoms with Gasteiger partial charge in [-0.15, -0.1) is 0 Å². The maximum absolute atomic E-state index is 11.9. The van der Waals surface area contributed by atoms with Gasteiger partial charge in [-0.1, -0.05) is 19.3 Å². The van der Waals surface area contributed by atoms with Crippen molar-refractivity contribution in [1.29, 1.82) is 0 Å². The lowest BCUT2D eigenvalue weighted by Crippen LogP contribution is -2.21. The van der Waals surface area contributed by atoms with Gasteiger partial charge in [0.05, 0.1) is 0 Å². The second-order valence-electron chi connectivity index (χ2n) is 4.86. The quantitative estimate of drug-likeness (QED) is 0.747. The summed E-state index contributed by atoms with van der Waals surface area (Å²) in [4.78, 5) is 11.9. The number of nitrogens with one attached hydrogen (secondary N) is 1. The fourth-order valence-corrected chi connectivity index (χ4v) is 2.76. The summed E-state index contributed by atoms with van der Waals surface area (Å²) in [6, 6.07) is 0. The lowest BCUT2D eigenvalue weighted by atomic mass is 9.83. The molecule has 1 aliphatic heterocycles. The molecule has 1 saturated carbocycles. The van der Waals surface area contributed by atoms with Crippen LogP contribution in [0.25, 0.3) is 0 Å². The largest absolute Gasteiger partial charge is 0.316 e. The third kappa shape index (κ3) is 2.57. The van der Waals surface area contributed by atoms with E-state index < -0.39 is 0 Å². The summed E-state index contributed by atoms with van der Waals surface area (Å²) in [7, 11) is 0. The molecule has 14 heavy (non-hydrogen) atoms. The van der Waals surface area contributed by atoms with Gasteiger partial charge in [-0.2, -0.15) is 0 Å². The number of ketones is 1. The van der Waals surface area contributed by atoms with Crippen molar-refractivity contribution in [1.82, 2.24) is 5.32 Å². The molecule has 2 nitrogen and oxygen atoms in total. The summed E-state index contributed by atoms with van der Waals surface area (Å²) in [5.41, 5.74) is 0. The van der Waals surface area contributed by atoms with Crippen LogP contribution in [0.2, 0.25) is 0 Å². The molecule has 2 heteroatoms. The van der Waals surface area contributed by atoms with Crippen LogP contribution in [0.4, 0.5) is 0 Å². The Balaban J connectivity index is 1.75. The van der Waals surface area contributed by atoms with Crippen molar-refractivity contribution in [3.63, 3.8) is 0 Å². The number of carbonyl (C=O) groups excluding carboxylic acids is 1. The van der Waals surface area contributed by atoms with Crippen LogP contribution in [-0.4, -0.2) is 18.9 Å². The van der Waals surface area contributed by atoms with E-state index in [0.29, 0.717) is 17.6 Å². The Morgan fingerprint density at radius 2 is 1.93 bits per heavy atom. The average molecular weight is 195 g/mol. The minimum absolute atomic E-state index is 0.421. The van der Waals surface area contributed by atoms with E-state index in [4.69, 9.17) is 0 Å². The molecule has 1 N–H and O–H groups in total. The Kier molecular flexibility index (Phi) is 3.57. The maximum Gasteiger partial charge on any atom is 0.136 e. The van der Waals surface area contributed by atoms with Crippen LogP contribution < -0.4 is 5.32 Å². The Hall–Kier alpha value is -0.370. The fraction of sp³-hybridized carbons (Fsp3) is 0.917. The molecule has 0 amide bonds. The number of Topliss-reactive ketones (excluding diaryl/α,β-unsaturated/α-hetero) is 1. The molecule has 80 valence electrons. The highest BCUT2D eigenvalue weighted by Gasteiger charge is 2.25. The van der Waals surface area contributed by atoms with Crippen LogP contribution in [0, 0.1) is 11.8 Å². The molecular weight excluding hydrogens is 174 g/mol. The van der Waals surface area contributed by atoms with Crippen LogP contribution in [0.5, 0.6) is 0 Å². The van der Waals surface area contributed by atoms with E-state index >= 15 is 0 Å². The molecule has 2 aliphatic rings. The Morgan fingerprint density at radius 1 is 1.14 bits per heavy atom. The van der Waals surface area contributed by atoms with Gasteiger partial charge in [-0.3, -0.25) is 4.79 Å². The van der Waals surface area contributed by atoms with Gasteiger partial charge >= 0.3 is 0 Å². The van der Waals surface area contributed by atoms with Gasteiger partial charge in [-0.25, -0.2) is 0 Å². The predicted molar refractivity (Wildman–Crippen MR) is 57.2 cm³/mol. The van der Waals surface area contributed by atoms with Crippen molar-refractivity contribution in [2.45, 2.75) is 44.9 Å². The van der Waals surface area contributed by atoms with Crippen LogP contribution in [0.15, 0.2) is 0 Å². The summed E-state index contributed by atoms with van der Waals surface area (Å²) in [6.07, 6.45) is 8.28. The van der Waals surface area contributed by atoms with Crippen LogP contribution in [-0.2, 0) is 4.79 Å². The van der Waals surface area contributed by atoms with Crippen molar-refractivity contribution in [2.24, 2.45) is 11.8 Å². The van der Waals surface area contributed by atoms with Gasteiger partial charge in [0.25, 0.3) is 0 Å². The van der Waals surface area contributed by atoms with E-state index in [2.05, 4.69) is 5.32 Å². The summed E-state index contributed by atoms with van der Waals surface area (Å²) < 4.78 is 0. The highest BCUT2D eigenvalue weighted by molar-refractivity contribution is 5.81. The lowest BCUT2D eigenvalue weighted by molar-refractivity contribution is -0.124. The van der Waals surface area contributed by atoms with Gasteiger partial charge in [-0.05, 0) is 38.3 Å². The Labute approximate surface area is 86.5 Å². The second-order valence-corrected chi connectivity index (χ2v) is 4.86. The molecule has 0 bridgehead atoms. The number of rotatable bonds is 3. The topological polar surface area (TPSA) is 29.1 Å². The summed E-state index contributed by atoms with van der Waals surface area (Å²) in [6.45, 7) is 2.18. The molecule has 2 rings (SSSR count). The van der Waals surface area contributed by atoms with Crippen LogP contribution >= 0.6 is 0 Å². The van der Waals surface area contributed by atoms with Gasteiger partial charge in [0.15, 0.2) is 0 Å². The molecule has 0 aromatic carbocycles. The predicted octanol–water partition coefficient (Wildman–Crippen LogP) is 2.14. The third-order valence-corrected chi connectivity index (χ3v) is 3.71. The molecule has 1 atom stereocenters. The molecule has 0 aromatic heterocycles. The van der Waals surface area contributed by atoms with Crippen LogP contribution in [0.1, 0.15) is 44.9 Å². The first-order valence-electron chi connectivity index (χ1n) is 6.09. The Morgan fingerprint density at radius 3 is 2.57 bits per heavy atom. The van der Waals surface area contributed by atoms with Crippen molar-refractivity contribution < 1.29 is 4.79 Å². The second kappa shape index (κ2) is 4.92. The first-order chi connectivity index (χ1) is 6.86. The molecule has 1 unspecified atom stereocenters. The maximum atomic E-state index is 11.9. The minimum Gasteiger partial charge on any atom is -0.316 e. The van der Waals surface area contributed by atoms with Crippen molar-refractivity contribution in [3.8, 4) is 0 Å². The standard InChI is InChI=1S/C12H21NO/c14-12(8-10-6-7-13-9-10)11-4-2-1-3-5-11/h10-11,13H,1-9H2. The molecule has 0 spiro atoms. The zero-order valence-corrected chi connectivity index (χ0v) is 8.93. The number of hydrogen-bond donors (Lipinski definition) is 1. The first kappa shape index (κ1) is 10.2. The molecule has 0 aromatic rings. The molecule has 2 fully saturated rings. The summed E-state index contributed by atoms with van der Waals surface area (Å²) in [5.74, 6) is 1.62. The average Bonchev–Trinajstić information content (AvgIpc) is 2.72. The van der Waals surface area contributed by atoms with E-state index in [9.17, 15) is 4.79 Å². The Bertz CT molecular complexity index is 190. The lowest BCUT2D eigenvalue weighted by Gasteiger charge is -2.21. The highest BCUT2D eigenvalue weighted by atomic mass is 16.1. The smallest absolute Gasteiger partial charge is 0.136 e.